The molecule has 2 heteroatoms. The monoisotopic (exact) mass is 790 g/mol. The zero-order valence-electron chi connectivity index (χ0n) is 34.4. The second-order valence-corrected chi connectivity index (χ2v) is 16.4. The summed E-state index contributed by atoms with van der Waals surface area (Å²) in [6, 6.07) is 80.9. The third kappa shape index (κ3) is 5.23. The van der Waals surface area contributed by atoms with Gasteiger partial charge in [0.05, 0.1) is 11.1 Å². The minimum atomic E-state index is -0.471. The van der Waals surface area contributed by atoms with Gasteiger partial charge >= 0.3 is 0 Å². The lowest BCUT2D eigenvalue weighted by atomic mass is 9.70. The van der Waals surface area contributed by atoms with E-state index in [0.717, 1.165) is 33.9 Å². The van der Waals surface area contributed by atoms with Crippen molar-refractivity contribution >= 4 is 44.3 Å². The number of para-hydroxylation sites is 1. The number of nitrogens with zero attached hydrogens (tertiary/aromatic N) is 1. The van der Waals surface area contributed by atoms with Crippen LogP contribution in [0.5, 0.6) is 0 Å². The fraction of sp³-hybridized carbons (Fsp3) is 0.0333. The molecule has 0 saturated carbocycles. The highest BCUT2D eigenvalue weighted by atomic mass is 15.1. The predicted molar refractivity (Wildman–Crippen MR) is 262 cm³/mol. The van der Waals surface area contributed by atoms with Crippen LogP contribution in [0.25, 0.3) is 66.1 Å². The zero-order chi connectivity index (χ0) is 41.2. The number of benzene rings is 10. The van der Waals surface area contributed by atoms with Crippen LogP contribution >= 0.6 is 0 Å². The van der Waals surface area contributed by atoms with Gasteiger partial charge in [0.25, 0.3) is 0 Å². The fourth-order valence-corrected chi connectivity index (χ4v) is 10.7. The summed E-state index contributed by atoms with van der Waals surface area (Å²) in [5.74, 6) is 0. The van der Waals surface area contributed by atoms with Gasteiger partial charge in [0.2, 0.25) is 0 Å². The van der Waals surface area contributed by atoms with Crippen molar-refractivity contribution in [3.8, 4) is 44.5 Å². The summed E-state index contributed by atoms with van der Waals surface area (Å²) in [6.45, 7) is 2.04. The van der Waals surface area contributed by atoms with Crippen LogP contribution in [0.2, 0.25) is 0 Å². The third-order valence-electron chi connectivity index (χ3n) is 13.2. The van der Waals surface area contributed by atoms with E-state index in [1.54, 1.807) is 0 Å². The maximum Gasteiger partial charge on any atom is 0.0726 e. The van der Waals surface area contributed by atoms with Crippen LogP contribution < -0.4 is 10.2 Å². The normalized spacial score (nSPS) is 13.0. The van der Waals surface area contributed by atoms with Crippen LogP contribution in [0.3, 0.4) is 0 Å². The molecule has 10 aromatic rings. The lowest BCUT2D eigenvalue weighted by Gasteiger charge is -2.33. The standard InChI is InChI=1S/C60H42N2/c1-2-37-61-57-34-17-13-23-44(57)41-21-18-22-42(38-41)62(59-51-29-8-6-27-49(51)58(40-19-4-3-5-20-40)50-28-7-9-30-52(50)59)43-35-36-48-47-26-12-16-33-55(47)60(56(48)39-43)53-31-14-10-24-45(53)46-25-11-15-32-54(46)60/h2-39,61H,1H3/b37-2+. The topological polar surface area (TPSA) is 15.3 Å². The Morgan fingerprint density at radius 3 is 1.48 bits per heavy atom. The Bertz CT molecular complexity index is 3290. The summed E-state index contributed by atoms with van der Waals surface area (Å²) < 4.78 is 0. The van der Waals surface area contributed by atoms with Gasteiger partial charge < -0.3 is 10.2 Å². The van der Waals surface area contributed by atoms with Crippen LogP contribution in [0.1, 0.15) is 29.2 Å². The molecule has 12 rings (SSSR count). The Balaban J connectivity index is 1.18. The van der Waals surface area contributed by atoms with E-state index in [1.807, 2.05) is 19.2 Å². The van der Waals surface area contributed by atoms with E-state index in [-0.39, 0.29) is 0 Å². The molecule has 0 saturated heterocycles. The average Bonchev–Trinajstić information content (AvgIpc) is 3.81. The predicted octanol–water partition coefficient (Wildman–Crippen LogP) is 16.1. The highest BCUT2D eigenvalue weighted by Gasteiger charge is 2.51. The van der Waals surface area contributed by atoms with Crippen molar-refractivity contribution in [1.29, 1.82) is 0 Å². The Labute approximate surface area is 362 Å². The summed E-state index contributed by atoms with van der Waals surface area (Å²) >= 11 is 0. The minimum Gasteiger partial charge on any atom is -0.362 e. The van der Waals surface area contributed by atoms with Gasteiger partial charge in [-0.1, -0.05) is 194 Å². The van der Waals surface area contributed by atoms with Crippen molar-refractivity contribution in [3.05, 3.63) is 253 Å². The number of hydrogen-bond acceptors (Lipinski definition) is 2. The second-order valence-electron chi connectivity index (χ2n) is 16.4. The van der Waals surface area contributed by atoms with E-state index in [0.29, 0.717) is 0 Å². The van der Waals surface area contributed by atoms with Gasteiger partial charge in [0.1, 0.15) is 0 Å². The molecule has 0 atom stereocenters. The first kappa shape index (κ1) is 36.0. The van der Waals surface area contributed by atoms with Crippen LogP contribution in [-0.4, -0.2) is 0 Å². The van der Waals surface area contributed by atoms with Crippen molar-refractivity contribution < 1.29 is 0 Å². The molecule has 2 nitrogen and oxygen atoms in total. The second kappa shape index (κ2) is 14.4. The number of allylic oxidation sites excluding steroid dienone is 1. The molecule has 0 aromatic heterocycles. The van der Waals surface area contributed by atoms with Crippen molar-refractivity contribution in [2.24, 2.45) is 0 Å². The van der Waals surface area contributed by atoms with Gasteiger partial charge in [0, 0.05) is 33.4 Å². The van der Waals surface area contributed by atoms with Crippen molar-refractivity contribution in [2.75, 3.05) is 10.2 Å². The molecule has 2 aliphatic rings. The number of nitrogens with one attached hydrogen (secondary N) is 1. The van der Waals surface area contributed by atoms with E-state index in [2.05, 4.69) is 229 Å². The smallest absolute Gasteiger partial charge is 0.0726 e. The zero-order valence-corrected chi connectivity index (χ0v) is 34.4. The first-order chi connectivity index (χ1) is 30.8. The van der Waals surface area contributed by atoms with E-state index in [4.69, 9.17) is 0 Å². The molecule has 1 spiro atoms. The van der Waals surface area contributed by atoms with Crippen molar-refractivity contribution in [1.82, 2.24) is 0 Å². The molecule has 0 amide bonds. The Hall–Kier alpha value is -7.94. The summed E-state index contributed by atoms with van der Waals surface area (Å²) in [5, 5.41) is 8.36. The highest BCUT2D eigenvalue weighted by molar-refractivity contribution is 6.22. The largest absolute Gasteiger partial charge is 0.362 e. The summed E-state index contributed by atoms with van der Waals surface area (Å²) in [5.41, 5.74) is 19.2. The van der Waals surface area contributed by atoms with Gasteiger partial charge in [-0.3, -0.25) is 0 Å². The molecule has 0 heterocycles. The van der Waals surface area contributed by atoms with Crippen LogP contribution in [0.15, 0.2) is 231 Å². The van der Waals surface area contributed by atoms with Gasteiger partial charge in [-0.2, -0.15) is 0 Å². The maximum absolute atomic E-state index is 3.53. The summed E-state index contributed by atoms with van der Waals surface area (Å²) in [6.07, 6.45) is 4.03. The van der Waals surface area contributed by atoms with Crippen LogP contribution in [0, 0.1) is 0 Å². The summed E-state index contributed by atoms with van der Waals surface area (Å²) in [4.78, 5) is 2.54. The number of fused-ring (bicyclic) bond motifs is 12. The Kier molecular flexibility index (Phi) is 8.33. The average molecular weight is 791 g/mol. The SMILES string of the molecule is C/C=C/Nc1ccccc1-c1cccc(N(c2ccc3c(c2)C2(c4ccccc4-c4ccccc42)c2ccccc2-3)c2c3ccccc3c(-c3ccccc3)c3ccccc23)c1. The molecule has 0 bridgehead atoms. The molecule has 2 aliphatic carbocycles. The molecule has 292 valence electrons. The van der Waals surface area contributed by atoms with Gasteiger partial charge in [-0.05, 0) is 115 Å². The fourth-order valence-electron chi connectivity index (χ4n) is 10.7. The number of rotatable bonds is 7. The summed E-state index contributed by atoms with van der Waals surface area (Å²) in [7, 11) is 0. The molecule has 1 N–H and O–H groups in total. The number of anilines is 4. The molecule has 0 aliphatic heterocycles. The van der Waals surface area contributed by atoms with Gasteiger partial charge in [-0.25, -0.2) is 0 Å². The van der Waals surface area contributed by atoms with Crippen molar-refractivity contribution in [3.63, 3.8) is 0 Å². The minimum absolute atomic E-state index is 0.471. The molecule has 62 heavy (non-hydrogen) atoms. The lowest BCUT2D eigenvalue weighted by Crippen LogP contribution is -2.26. The molecular formula is C60H42N2. The van der Waals surface area contributed by atoms with E-state index < -0.39 is 5.41 Å². The van der Waals surface area contributed by atoms with E-state index in [9.17, 15) is 0 Å². The van der Waals surface area contributed by atoms with Crippen LogP contribution in [0.4, 0.5) is 22.7 Å². The van der Waals surface area contributed by atoms with Gasteiger partial charge in [0.15, 0.2) is 0 Å². The Morgan fingerprint density at radius 1 is 0.387 bits per heavy atom. The lowest BCUT2D eigenvalue weighted by molar-refractivity contribution is 0.793. The first-order valence-corrected chi connectivity index (χ1v) is 21.6. The molecule has 0 radical (unpaired) electrons. The quantitative estimate of drug-likeness (QED) is 0.162. The molecule has 0 unspecified atom stereocenters. The first-order valence-electron chi connectivity index (χ1n) is 21.6. The maximum atomic E-state index is 3.53. The van der Waals surface area contributed by atoms with E-state index in [1.165, 1.54) is 77.2 Å². The van der Waals surface area contributed by atoms with Crippen molar-refractivity contribution in [2.45, 2.75) is 12.3 Å². The van der Waals surface area contributed by atoms with E-state index >= 15 is 0 Å². The van der Waals surface area contributed by atoms with Gasteiger partial charge in [-0.15, -0.1) is 0 Å². The van der Waals surface area contributed by atoms with Crippen LogP contribution in [-0.2, 0) is 5.41 Å². The molecule has 0 fully saturated rings. The molecule has 10 aromatic carbocycles. The third-order valence-corrected chi connectivity index (χ3v) is 13.2. The Morgan fingerprint density at radius 2 is 0.871 bits per heavy atom. The number of hydrogen-bond donors (Lipinski definition) is 1. The molecular weight excluding hydrogens is 749 g/mol. The highest BCUT2D eigenvalue weighted by Crippen LogP contribution is 2.63.